The van der Waals surface area contributed by atoms with Gasteiger partial charge in [0, 0.05) is 48.3 Å². The molecule has 2 rings (SSSR count). The highest BCUT2D eigenvalue weighted by molar-refractivity contribution is 8.77. The van der Waals surface area contributed by atoms with E-state index in [1.807, 2.05) is 24.3 Å². The second kappa shape index (κ2) is 9.59. The van der Waals surface area contributed by atoms with Gasteiger partial charge in [-0.2, -0.15) is 0 Å². The highest BCUT2D eigenvalue weighted by atomic mass is 35.5. The lowest BCUT2D eigenvalue weighted by molar-refractivity contribution is -0.131. The molecular weight excluding hydrogens is 352 g/mol. The number of aliphatic carboxylic acids is 1. The molecule has 0 aromatic heterocycles. The minimum absolute atomic E-state index is 0.241. The van der Waals surface area contributed by atoms with Crippen molar-refractivity contribution in [3.05, 3.63) is 46.5 Å². The van der Waals surface area contributed by atoms with Crippen molar-refractivity contribution in [2.75, 3.05) is 25.4 Å². The average Bonchev–Trinajstić information content (AvgIpc) is 2.51. The zero-order valence-corrected chi connectivity index (χ0v) is 15.2. The zero-order chi connectivity index (χ0) is 16.7. The molecule has 4 nitrogen and oxygen atoms in total. The molecule has 1 fully saturated rings. The molecule has 7 heteroatoms. The number of benzene rings is 1. The molecule has 1 aliphatic heterocycles. The third kappa shape index (κ3) is 6.04. The lowest BCUT2D eigenvalue weighted by Crippen LogP contribution is -2.36. The van der Waals surface area contributed by atoms with E-state index in [1.54, 1.807) is 21.6 Å². The first-order valence-electron chi connectivity index (χ1n) is 7.47. The van der Waals surface area contributed by atoms with E-state index in [1.165, 1.54) is 6.08 Å². The summed E-state index contributed by atoms with van der Waals surface area (Å²) in [5.74, 6) is -0.000721. The number of hydrogen-bond acceptors (Lipinski definition) is 5. The van der Waals surface area contributed by atoms with Crippen molar-refractivity contribution in [3.63, 3.8) is 0 Å². The van der Waals surface area contributed by atoms with Crippen LogP contribution in [0.4, 0.5) is 0 Å². The Bertz CT molecular complexity index is 569. The van der Waals surface area contributed by atoms with Gasteiger partial charge in [-0.3, -0.25) is 4.90 Å². The molecule has 1 atom stereocenters. The lowest BCUT2D eigenvalue weighted by Gasteiger charge is -2.33. The van der Waals surface area contributed by atoms with Crippen molar-refractivity contribution >= 4 is 39.2 Å². The summed E-state index contributed by atoms with van der Waals surface area (Å²) >= 11 is 6.22. The molecule has 1 aromatic carbocycles. The molecule has 0 bridgehead atoms. The number of halogens is 1. The largest absolute Gasteiger partial charge is 0.478 e. The van der Waals surface area contributed by atoms with E-state index in [0.717, 1.165) is 41.4 Å². The van der Waals surface area contributed by atoms with Crippen molar-refractivity contribution in [1.82, 2.24) is 4.90 Å². The van der Waals surface area contributed by atoms with Crippen LogP contribution in [0.1, 0.15) is 12.0 Å². The van der Waals surface area contributed by atoms with Crippen LogP contribution in [0.25, 0.3) is 0 Å². The monoisotopic (exact) mass is 372 g/mol. The molecule has 0 amide bonds. The molecule has 126 valence electrons. The highest BCUT2D eigenvalue weighted by Gasteiger charge is 2.25. The van der Waals surface area contributed by atoms with E-state index in [9.17, 15) is 4.79 Å². The quantitative estimate of drug-likeness (QED) is 0.435. The van der Waals surface area contributed by atoms with Crippen LogP contribution in [0.5, 0.6) is 0 Å². The summed E-state index contributed by atoms with van der Waals surface area (Å²) in [5.41, 5.74) is 7.56. The van der Waals surface area contributed by atoms with Crippen LogP contribution in [-0.2, 0) is 11.3 Å². The standard InChI is InChI=1S/C16H21ClN2O2S2/c17-14-4-2-1-3-12(14)10-19-7-5-15(23-22-8-6-18)13(11-19)9-16(20)21/h1-4,9,15H,5-8,10-11,18H2,(H,20,21)/b13-9-. The molecule has 1 saturated heterocycles. The summed E-state index contributed by atoms with van der Waals surface area (Å²) in [5, 5.41) is 10.1. The number of nitrogens with zero attached hydrogens (tertiary/aromatic N) is 1. The third-order valence-electron chi connectivity index (χ3n) is 3.57. The Morgan fingerprint density at radius 3 is 2.96 bits per heavy atom. The minimum atomic E-state index is -0.881. The van der Waals surface area contributed by atoms with Crippen molar-refractivity contribution in [2.24, 2.45) is 5.73 Å². The van der Waals surface area contributed by atoms with Gasteiger partial charge < -0.3 is 10.8 Å². The topological polar surface area (TPSA) is 66.6 Å². The molecule has 0 aliphatic carbocycles. The lowest BCUT2D eigenvalue weighted by atomic mass is 10.0. The first kappa shape index (κ1) is 18.7. The van der Waals surface area contributed by atoms with E-state index < -0.39 is 5.97 Å². The van der Waals surface area contributed by atoms with Crippen LogP contribution in [0.3, 0.4) is 0 Å². The first-order chi connectivity index (χ1) is 11.1. The van der Waals surface area contributed by atoms with Crippen LogP contribution < -0.4 is 5.73 Å². The van der Waals surface area contributed by atoms with Crippen LogP contribution in [0.15, 0.2) is 35.9 Å². The molecule has 0 spiro atoms. The Balaban J connectivity index is 2.01. The van der Waals surface area contributed by atoms with Gasteiger partial charge in [0.25, 0.3) is 0 Å². The van der Waals surface area contributed by atoms with Gasteiger partial charge >= 0.3 is 5.97 Å². The Morgan fingerprint density at radius 2 is 2.26 bits per heavy atom. The van der Waals surface area contributed by atoms with Crippen molar-refractivity contribution in [3.8, 4) is 0 Å². The first-order valence-corrected chi connectivity index (χ1v) is 10.2. The maximum atomic E-state index is 11.1. The summed E-state index contributed by atoms with van der Waals surface area (Å²) in [7, 11) is 3.45. The Morgan fingerprint density at radius 1 is 1.48 bits per heavy atom. The zero-order valence-electron chi connectivity index (χ0n) is 12.8. The molecular formula is C16H21ClN2O2S2. The smallest absolute Gasteiger partial charge is 0.328 e. The molecule has 3 N–H and O–H groups in total. The van der Waals surface area contributed by atoms with Crippen LogP contribution in [0.2, 0.25) is 5.02 Å². The number of carboxylic acids is 1. The predicted octanol–water partition coefficient (Wildman–Crippen LogP) is 3.27. The van der Waals surface area contributed by atoms with Crippen LogP contribution in [0, 0.1) is 0 Å². The van der Waals surface area contributed by atoms with Crippen molar-refractivity contribution < 1.29 is 9.90 Å². The van der Waals surface area contributed by atoms with Gasteiger partial charge in [-0.25, -0.2) is 4.79 Å². The van der Waals surface area contributed by atoms with Crippen LogP contribution in [-0.4, -0.2) is 46.6 Å². The second-order valence-electron chi connectivity index (χ2n) is 5.34. The van der Waals surface area contributed by atoms with E-state index in [4.69, 9.17) is 22.4 Å². The molecule has 0 saturated carbocycles. The third-order valence-corrected chi connectivity index (χ3v) is 6.86. The van der Waals surface area contributed by atoms with Crippen molar-refractivity contribution in [2.45, 2.75) is 18.2 Å². The van der Waals surface area contributed by atoms with Gasteiger partial charge in [-0.05, 0) is 23.6 Å². The fourth-order valence-electron chi connectivity index (χ4n) is 2.51. The molecule has 0 radical (unpaired) electrons. The number of rotatable bonds is 7. The minimum Gasteiger partial charge on any atom is -0.478 e. The fourth-order valence-corrected chi connectivity index (χ4v) is 5.26. The Kier molecular flexibility index (Phi) is 7.79. The van der Waals surface area contributed by atoms with Crippen molar-refractivity contribution in [1.29, 1.82) is 0 Å². The predicted molar refractivity (Wildman–Crippen MR) is 100.0 cm³/mol. The number of piperidine rings is 1. The van der Waals surface area contributed by atoms with Gasteiger partial charge in [0.2, 0.25) is 0 Å². The summed E-state index contributed by atoms with van der Waals surface area (Å²) in [4.78, 5) is 13.4. The summed E-state index contributed by atoms with van der Waals surface area (Å²) < 4.78 is 0. The molecule has 1 aromatic rings. The number of hydrogen-bond donors (Lipinski definition) is 2. The summed E-state index contributed by atoms with van der Waals surface area (Å²) in [6.07, 6.45) is 2.30. The van der Waals surface area contributed by atoms with Crippen LogP contribution >= 0.6 is 33.2 Å². The maximum absolute atomic E-state index is 11.1. The van der Waals surface area contributed by atoms with Gasteiger partial charge in [0.1, 0.15) is 0 Å². The Labute approximate surface area is 149 Å². The number of nitrogens with two attached hydrogens (primary N) is 1. The average molecular weight is 373 g/mol. The van der Waals surface area contributed by atoms with E-state index >= 15 is 0 Å². The van der Waals surface area contributed by atoms with E-state index in [2.05, 4.69) is 4.90 Å². The van der Waals surface area contributed by atoms with Gasteiger partial charge in [-0.1, -0.05) is 51.4 Å². The molecule has 1 aliphatic rings. The molecule has 23 heavy (non-hydrogen) atoms. The normalized spacial score (nSPS) is 20.8. The molecule has 1 unspecified atom stereocenters. The van der Waals surface area contributed by atoms with E-state index in [-0.39, 0.29) is 5.25 Å². The summed E-state index contributed by atoms with van der Waals surface area (Å²) in [6.45, 7) is 2.98. The van der Waals surface area contributed by atoms with E-state index in [0.29, 0.717) is 13.1 Å². The van der Waals surface area contributed by atoms with Gasteiger partial charge in [-0.15, -0.1) is 0 Å². The Hall–Kier alpha value is -0.660. The number of carbonyl (C=O) groups is 1. The molecule has 1 heterocycles. The maximum Gasteiger partial charge on any atom is 0.328 e. The number of likely N-dealkylation sites (tertiary alicyclic amines) is 1. The number of carboxylic acid groups (broad SMARTS) is 1. The highest BCUT2D eigenvalue weighted by Crippen LogP contribution is 2.36. The van der Waals surface area contributed by atoms with Gasteiger partial charge in [0.05, 0.1) is 0 Å². The second-order valence-corrected chi connectivity index (χ2v) is 8.44. The summed E-state index contributed by atoms with van der Waals surface area (Å²) in [6, 6.07) is 7.79. The SMILES string of the molecule is NCCSSC1CCN(Cc2ccccc2Cl)C/C1=C/C(=O)O. The fraction of sp³-hybridized carbons (Fsp3) is 0.438. The van der Waals surface area contributed by atoms with Gasteiger partial charge in [0.15, 0.2) is 0 Å².